The van der Waals surface area contributed by atoms with Gasteiger partial charge in [0.2, 0.25) is 5.78 Å². The SMILES string of the molecule is Cc1ccc2c(c1)cc1n2-c2ccccc2C1=O. The Morgan fingerprint density at radius 1 is 1.00 bits per heavy atom. The molecule has 1 aromatic heterocycles. The normalized spacial score (nSPS) is 12.8. The number of fused-ring (bicyclic) bond motifs is 5. The average Bonchev–Trinajstić information content (AvgIpc) is 2.87. The maximum absolute atomic E-state index is 12.3. The first kappa shape index (κ1) is 9.66. The molecule has 18 heavy (non-hydrogen) atoms. The molecule has 1 aliphatic heterocycles. The lowest BCUT2D eigenvalue weighted by atomic mass is 10.1. The van der Waals surface area contributed by atoms with Crippen LogP contribution >= 0.6 is 0 Å². The van der Waals surface area contributed by atoms with Gasteiger partial charge in [0.05, 0.1) is 16.9 Å². The molecule has 86 valence electrons. The first-order chi connectivity index (χ1) is 8.75. The molecule has 0 unspecified atom stereocenters. The number of hydrogen-bond acceptors (Lipinski definition) is 1. The molecule has 0 atom stereocenters. The van der Waals surface area contributed by atoms with Gasteiger partial charge in [-0.15, -0.1) is 0 Å². The van der Waals surface area contributed by atoms with Gasteiger partial charge in [-0.2, -0.15) is 0 Å². The molecule has 0 fully saturated rings. The Balaban J connectivity index is 2.17. The van der Waals surface area contributed by atoms with Gasteiger partial charge in [0.1, 0.15) is 0 Å². The predicted octanol–water partition coefficient (Wildman–Crippen LogP) is 3.48. The number of ketones is 1. The molecule has 3 aromatic rings. The third-order valence-electron chi connectivity index (χ3n) is 3.58. The highest BCUT2D eigenvalue weighted by molar-refractivity contribution is 6.16. The zero-order valence-electron chi connectivity index (χ0n) is 9.97. The van der Waals surface area contributed by atoms with E-state index in [0.717, 1.165) is 27.8 Å². The van der Waals surface area contributed by atoms with E-state index in [-0.39, 0.29) is 5.78 Å². The van der Waals surface area contributed by atoms with Gasteiger partial charge in [0.15, 0.2) is 0 Å². The molecule has 4 rings (SSSR count). The van der Waals surface area contributed by atoms with Crippen LogP contribution in [0.1, 0.15) is 21.6 Å². The molecule has 0 spiro atoms. The van der Waals surface area contributed by atoms with E-state index in [0.29, 0.717) is 0 Å². The van der Waals surface area contributed by atoms with E-state index in [2.05, 4.69) is 29.7 Å². The van der Waals surface area contributed by atoms with Crippen molar-refractivity contribution in [3.63, 3.8) is 0 Å². The van der Waals surface area contributed by atoms with Crippen LogP contribution in [0.3, 0.4) is 0 Å². The number of carbonyl (C=O) groups is 1. The molecule has 0 bridgehead atoms. The fourth-order valence-electron chi connectivity index (χ4n) is 2.76. The maximum atomic E-state index is 12.3. The highest BCUT2D eigenvalue weighted by Crippen LogP contribution is 2.34. The van der Waals surface area contributed by atoms with Gasteiger partial charge in [-0.05, 0) is 37.3 Å². The number of para-hydroxylation sites is 1. The van der Waals surface area contributed by atoms with E-state index < -0.39 is 0 Å². The number of benzene rings is 2. The Kier molecular flexibility index (Phi) is 1.67. The molecule has 0 N–H and O–H groups in total. The molecular formula is C16H11NO. The Hall–Kier alpha value is -2.35. The van der Waals surface area contributed by atoms with Crippen LogP contribution in [0.15, 0.2) is 48.5 Å². The van der Waals surface area contributed by atoms with Gasteiger partial charge in [-0.25, -0.2) is 0 Å². The van der Waals surface area contributed by atoms with Crippen molar-refractivity contribution in [3.8, 4) is 5.69 Å². The Morgan fingerprint density at radius 3 is 2.72 bits per heavy atom. The molecule has 0 aliphatic carbocycles. The van der Waals surface area contributed by atoms with Crippen molar-refractivity contribution in [2.24, 2.45) is 0 Å². The summed E-state index contributed by atoms with van der Waals surface area (Å²) in [5.41, 5.74) is 4.89. The molecule has 2 heteroatoms. The standard InChI is InChI=1S/C16H11NO/c1-10-6-7-13-11(8-10)9-15-16(18)12-4-2-3-5-14(12)17(13)15/h2-9H,1H3. The van der Waals surface area contributed by atoms with E-state index in [9.17, 15) is 4.79 Å². The maximum Gasteiger partial charge on any atom is 0.211 e. The summed E-state index contributed by atoms with van der Waals surface area (Å²) in [6.45, 7) is 2.07. The molecule has 2 heterocycles. The average molecular weight is 233 g/mol. The number of hydrogen-bond donors (Lipinski definition) is 0. The molecular weight excluding hydrogens is 222 g/mol. The summed E-state index contributed by atoms with van der Waals surface area (Å²) in [4.78, 5) is 12.3. The van der Waals surface area contributed by atoms with Crippen LogP contribution in [0.4, 0.5) is 0 Å². The van der Waals surface area contributed by atoms with Gasteiger partial charge in [0.25, 0.3) is 0 Å². The van der Waals surface area contributed by atoms with Gasteiger partial charge < -0.3 is 4.57 Å². The van der Waals surface area contributed by atoms with E-state index in [1.54, 1.807) is 0 Å². The topological polar surface area (TPSA) is 22.0 Å². The molecule has 0 saturated heterocycles. The minimum absolute atomic E-state index is 0.124. The highest BCUT2D eigenvalue weighted by Gasteiger charge is 2.27. The minimum atomic E-state index is 0.124. The first-order valence-corrected chi connectivity index (χ1v) is 6.02. The molecule has 0 amide bonds. The summed E-state index contributed by atoms with van der Waals surface area (Å²) >= 11 is 0. The van der Waals surface area contributed by atoms with Crippen LogP contribution in [0.25, 0.3) is 16.6 Å². The van der Waals surface area contributed by atoms with Crippen LogP contribution in [-0.2, 0) is 0 Å². The van der Waals surface area contributed by atoms with E-state index in [4.69, 9.17) is 0 Å². The van der Waals surface area contributed by atoms with Crippen LogP contribution in [0, 0.1) is 6.92 Å². The van der Waals surface area contributed by atoms with Crippen molar-refractivity contribution in [1.29, 1.82) is 0 Å². The third kappa shape index (κ3) is 1.05. The number of aryl methyl sites for hydroxylation is 1. The zero-order valence-corrected chi connectivity index (χ0v) is 9.97. The number of nitrogens with zero attached hydrogens (tertiary/aromatic N) is 1. The third-order valence-corrected chi connectivity index (χ3v) is 3.58. The second-order valence-corrected chi connectivity index (χ2v) is 4.77. The highest BCUT2D eigenvalue weighted by atomic mass is 16.1. The fourth-order valence-corrected chi connectivity index (χ4v) is 2.76. The smallest absolute Gasteiger partial charge is 0.211 e. The molecule has 0 saturated carbocycles. The van der Waals surface area contributed by atoms with Gasteiger partial charge >= 0.3 is 0 Å². The van der Waals surface area contributed by atoms with Gasteiger partial charge in [-0.3, -0.25) is 4.79 Å². The van der Waals surface area contributed by atoms with Crippen LogP contribution in [-0.4, -0.2) is 10.4 Å². The van der Waals surface area contributed by atoms with Crippen molar-refractivity contribution in [1.82, 2.24) is 4.57 Å². The number of aromatic nitrogens is 1. The van der Waals surface area contributed by atoms with Crippen molar-refractivity contribution >= 4 is 16.7 Å². The lowest BCUT2D eigenvalue weighted by molar-refractivity contribution is 0.104. The largest absolute Gasteiger partial charge is 0.305 e. The van der Waals surface area contributed by atoms with Crippen LogP contribution in [0.5, 0.6) is 0 Å². The summed E-state index contributed by atoms with van der Waals surface area (Å²) < 4.78 is 2.06. The minimum Gasteiger partial charge on any atom is -0.305 e. The fraction of sp³-hybridized carbons (Fsp3) is 0.0625. The van der Waals surface area contributed by atoms with Crippen molar-refractivity contribution in [2.45, 2.75) is 6.92 Å². The monoisotopic (exact) mass is 233 g/mol. The Labute approximate surface area is 104 Å². The lowest BCUT2D eigenvalue weighted by Crippen LogP contribution is -1.94. The van der Waals surface area contributed by atoms with Gasteiger partial charge in [-0.1, -0.05) is 23.8 Å². The summed E-state index contributed by atoms with van der Waals surface area (Å²) in [7, 11) is 0. The lowest BCUT2D eigenvalue weighted by Gasteiger charge is -2.03. The summed E-state index contributed by atoms with van der Waals surface area (Å²) in [5.74, 6) is 0.124. The van der Waals surface area contributed by atoms with E-state index in [1.807, 2.05) is 30.3 Å². The van der Waals surface area contributed by atoms with Crippen molar-refractivity contribution in [3.05, 3.63) is 65.4 Å². The van der Waals surface area contributed by atoms with E-state index in [1.165, 1.54) is 5.56 Å². The Bertz CT molecular complexity index is 811. The van der Waals surface area contributed by atoms with Crippen molar-refractivity contribution in [2.75, 3.05) is 0 Å². The molecule has 0 radical (unpaired) electrons. The number of carbonyl (C=O) groups excluding carboxylic acids is 1. The van der Waals surface area contributed by atoms with Crippen molar-refractivity contribution < 1.29 is 4.79 Å². The molecule has 1 aliphatic rings. The zero-order chi connectivity index (χ0) is 12.3. The molecule has 2 aromatic carbocycles. The summed E-state index contributed by atoms with van der Waals surface area (Å²) in [6.07, 6.45) is 0. The van der Waals surface area contributed by atoms with E-state index >= 15 is 0 Å². The second kappa shape index (κ2) is 3.10. The van der Waals surface area contributed by atoms with Crippen LogP contribution in [0.2, 0.25) is 0 Å². The summed E-state index contributed by atoms with van der Waals surface area (Å²) in [6, 6.07) is 16.1. The van der Waals surface area contributed by atoms with Gasteiger partial charge in [0, 0.05) is 10.9 Å². The summed E-state index contributed by atoms with van der Waals surface area (Å²) in [5, 5.41) is 1.13. The Morgan fingerprint density at radius 2 is 1.83 bits per heavy atom. The number of rotatable bonds is 0. The first-order valence-electron chi connectivity index (χ1n) is 6.02. The quantitative estimate of drug-likeness (QED) is 0.455. The molecule has 2 nitrogen and oxygen atoms in total. The van der Waals surface area contributed by atoms with Crippen LogP contribution < -0.4 is 0 Å². The predicted molar refractivity (Wildman–Crippen MR) is 71.4 cm³/mol. The second-order valence-electron chi connectivity index (χ2n) is 4.77.